The highest BCUT2D eigenvalue weighted by atomic mass is 15.2. The minimum atomic E-state index is 0.995. The molecule has 236 valence electrons. The van der Waals surface area contributed by atoms with Crippen LogP contribution in [0.1, 0.15) is 171 Å². The van der Waals surface area contributed by atoms with Crippen LogP contribution in [0.4, 0.5) is 0 Å². The van der Waals surface area contributed by atoms with Crippen LogP contribution >= 0.6 is 0 Å². The third-order valence-electron chi connectivity index (χ3n) is 9.23. The summed E-state index contributed by atoms with van der Waals surface area (Å²) in [5.41, 5.74) is 24.8. The van der Waals surface area contributed by atoms with Crippen LogP contribution in [-0.4, -0.2) is 4.70 Å². The maximum Gasteiger partial charge on any atom is 0.211 e. The third kappa shape index (κ3) is 10.3. The molecular formula is C41H62N2. The van der Waals surface area contributed by atoms with Gasteiger partial charge in [-0.3, -0.25) is 0 Å². The molecule has 0 radical (unpaired) electrons. The first kappa shape index (κ1) is 35.0. The maximum atomic E-state index is 12.1. The van der Waals surface area contributed by atoms with Crippen molar-refractivity contribution in [3.63, 3.8) is 0 Å². The fraction of sp³-hybridized carbons (Fsp3) is 0.610. The van der Waals surface area contributed by atoms with E-state index in [0.717, 1.165) is 56.3 Å². The molecule has 0 spiro atoms. The van der Waals surface area contributed by atoms with Crippen LogP contribution in [0.3, 0.4) is 0 Å². The van der Waals surface area contributed by atoms with E-state index in [0.29, 0.717) is 0 Å². The predicted molar refractivity (Wildman–Crippen MR) is 188 cm³/mol. The molecule has 0 fully saturated rings. The van der Waals surface area contributed by atoms with Gasteiger partial charge in [0.2, 0.25) is 11.4 Å². The summed E-state index contributed by atoms with van der Waals surface area (Å²) in [7, 11) is 0. The Morgan fingerprint density at radius 3 is 1.23 bits per heavy atom. The highest BCUT2D eigenvalue weighted by Gasteiger charge is 2.34. The standard InChI is InChI=1S/C41H62N2/c1-7-12-17-19-23-35-27-36(24-20-18-13-8-2)31-38(30-35)41-39(25-16-11-5)32(6)40(43(41)42)37-28-33(21-14-9-3)26-34(29-37)22-15-10-4/h26-31H,7-25H2,1-6H3. The van der Waals surface area contributed by atoms with Crippen LogP contribution in [0.25, 0.3) is 16.9 Å². The molecule has 0 saturated carbocycles. The van der Waals surface area contributed by atoms with E-state index in [1.807, 2.05) is 0 Å². The number of hydrogen-bond acceptors (Lipinski definition) is 0. The zero-order chi connectivity index (χ0) is 31.0. The highest BCUT2D eigenvalue weighted by Crippen LogP contribution is 2.43. The van der Waals surface area contributed by atoms with E-state index in [9.17, 15) is 5.53 Å². The Hall–Kier alpha value is -2.48. The van der Waals surface area contributed by atoms with E-state index in [1.165, 1.54) is 122 Å². The molecule has 0 atom stereocenters. The molecule has 2 aromatic carbocycles. The number of rotatable bonds is 21. The highest BCUT2D eigenvalue weighted by molar-refractivity contribution is 5.82. The number of hydrogen-bond donors (Lipinski definition) is 0. The van der Waals surface area contributed by atoms with Gasteiger partial charge in [0.05, 0.1) is 0 Å². The molecule has 0 unspecified atom stereocenters. The summed E-state index contributed by atoms with van der Waals surface area (Å²) in [6.45, 7) is 13.6. The predicted octanol–water partition coefficient (Wildman–Crippen LogP) is 13.0. The number of nitrogens with zero attached hydrogens (tertiary/aromatic N) is 2. The van der Waals surface area contributed by atoms with Crippen molar-refractivity contribution in [3.05, 3.63) is 86.5 Å². The van der Waals surface area contributed by atoms with Crippen LogP contribution < -0.4 is 0 Å². The quantitative estimate of drug-likeness (QED) is 0.103. The van der Waals surface area contributed by atoms with E-state index in [1.54, 1.807) is 4.70 Å². The van der Waals surface area contributed by atoms with Gasteiger partial charge in [-0.25, -0.2) is 4.70 Å². The van der Waals surface area contributed by atoms with Crippen LogP contribution in [0.15, 0.2) is 47.5 Å². The van der Waals surface area contributed by atoms with Gasteiger partial charge in [0.25, 0.3) is 0 Å². The molecule has 0 aliphatic carbocycles. The van der Waals surface area contributed by atoms with Gasteiger partial charge in [-0.2, -0.15) is 0 Å². The van der Waals surface area contributed by atoms with Gasteiger partial charge in [0.1, 0.15) is 0 Å². The second kappa shape index (κ2) is 19.0. The lowest BCUT2D eigenvalue weighted by Crippen LogP contribution is -2.05. The largest absolute Gasteiger partial charge is 0.493 e. The lowest BCUT2D eigenvalue weighted by Gasteiger charge is -2.15. The number of allylic oxidation sites excluding steroid dienone is 2. The van der Waals surface area contributed by atoms with Gasteiger partial charge in [-0.05, 0) is 118 Å². The molecule has 43 heavy (non-hydrogen) atoms. The molecule has 1 aliphatic rings. The van der Waals surface area contributed by atoms with E-state index < -0.39 is 0 Å². The van der Waals surface area contributed by atoms with Crippen molar-refractivity contribution in [3.8, 4) is 0 Å². The van der Waals surface area contributed by atoms with Crippen LogP contribution in [0.2, 0.25) is 0 Å². The number of aryl methyl sites for hydroxylation is 4. The third-order valence-corrected chi connectivity index (χ3v) is 9.23. The smallest absolute Gasteiger partial charge is 0.211 e. The normalized spacial score (nSPS) is 13.6. The fourth-order valence-corrected chi connectivity index (χ4v) is 6.66. The van der Waals surface area contributed by atoms with Crippen molar-refractivity contribution in [2.45, 2.75) is 164 Å². The Morgan fingerprint density at radius 2 is 0.814 bits per heavy atom. The molecule has 3 rings (SSSR count). The van der Waals surface area contributed by atoms with Crippen molar-refractivity contribution in [2.24, 2.45) is 0 Å². The molecule has 0 N–H and O–H groups in total. The average molecular weight is 583 g/mol. The summed E-state index contributed by atoms with van der Waals surface area (Å²) in [4.78, 5) is 0. The van der Waals surface area contributed by atoms with Gasteiger partial charge >= 0.3 is 0 Å². The molecule has 1 heterocycles. The first-order valence-corrected chi connectivity index (χ1v) is 18.2. The molecular weight excluding hydrogens is 520 g/mol. The van der Waals surface area contributed by atoms with Crippen molar-refractivity contribution in [1.29, 1.82) is 0 Å². The van der Waals surface area contributed by atoms with Crippen molar-refractivity contribution >= 4 is 11.4 Å². The zero-order valence-corrected chi connectivity index (χ0v) is 28.8. The van der Waals surface area contributed by atoms with E-state index in [2.05, 4.69) is 77.9 Å². The lowest BCUT2D eigenvalue weighted by atomic mass is 9.92. The number of benzene rings is 2. The molecule has 0 saturated heterocycles. The second-order valence-electron chi connectivity index (χ2n) is 13.1. The van der Waals surface area contributed by atoms with E-state index in [4.69, 9.17) is 0 Å². The minimum Gasteiger partial charge on any atom is -0.493 e. The van der Waals surface area contributed by atoms with Crippen molar-refractivity contribution in [1.82, 2.24) is 0 Å². The second-order valence-corrected chi connectivity index (χ2v) is 13.1. The van der Waals surface area contributed by atoms with Crippen LogP contribution in [0, 0.1) is 0 Å². The first-order valence-electron chi connectivity index (χ1n) is 18.2. The number of unbranched alkanes of at least 4 members (excludes halogenated alkanes) is 9. The van der Waals surface area contributed by atoms with Crippen molar-refractivity contribution < 1.29 is 4.70 Å². The monoisotopic (exact) mass is 582 g/mol. The summed E-state index contributed by atoms with van der Waals surface area (Å²) in [5, 5.41) is 0. The SMILES string of the molecule is CCCCCCc1cc(CCCCCC)cc(C2=C(CCCC)C(C)=C(c3cc(CCCC)cc(CCCC)c3)[N+]2=[N-])c1. The first-order chi connectivity index (χ1) is 21.0. The fourth-order valence-electron chi connectivity index (χ4n) is 6.66. The Labute approximate surface area is 265 Å². The summed E-state index contributed by atoms with van der Waals surface area (Å²) in [6.07, 6.45) is 22.8. The Balaban J connectivity index is 2.06. The van der Waals surface area contributed by atoms with Crippen LogP contribution in [0.5, 0.6) is 0 Å². The van der Waals surface area contributed by atoms with E-state index in [-0.39, 0.29) is 0 Å². The topological polar surface area (TPSA) is 25.3 Å². The van der Waals surface area contributed by atoms with Gasteiger partial charge in [0, 0.05) is 22.3 Å². The zero-order valence-electron chi connectivity index (χ0n) is 28.8. The molecule has 0 aromatic heterocycles. The van der Waals surface area contributed by atoms with E-state index >= 15 is 0 Å². The van der Waals surface area contributed by atoms with Gasteiger partial charge in [-0.1, -0.05) is 105 Å². The Kier molecular flexibility index (Phi) is 15.5. The Bertz CT molecular complexity index is 1170. The Morgan fingerprint density at radius 1 is 0.442 bits per heavy atom. The van der Waals surface area contributed by atoms with Gasteiger partial charge in [0.15, 0.2) is 0 Å². The summed E-state index contributed by atoms with van der Waals surface area (Å²) in [6, 6.07) is 14.4. The minimum absolute atomic E-state index is 0.995. The lowest BCUT2D eigenvalue weighted by molar-refractivity contribution is -0.345. The van der Waals surface area contributed by atoms with Crippen LogP contribution in [-0.2, 0) is 25.7 Å². The summed E-state index contributed by atoms with van der Waals surface area (Å²) in [5.74, 6) is 0. The molecule has 2 heteroatoms. The van der Waals surface area contributed by atoms with Gasteiger partial charge < -0.3 is 5.53 Å². The van der Waals surface area contributed by atoms with Crippen molar-refractivity contribution in [2.75, 3.05) is 0 Å². The van der Waals surface area contributed by atoms with Gasteiger partial charge in [-0.15, -0.1) is 0 Å². The molecule has 2 aromatic rings. The summed E-state index contributed by atoms with van der Waals surface area (Å²) < 4.78 is 1.58. The molecule has 0 bridgehead atoms. The molecule has 0 amide bonds. The maximum absolute atomic E-state index is 12.1. The summed E-state index contributed by atoms with van der Waals surface area (Å²) >= 11 is 0. The molecule has 2 nitrogen and oxygen atoms in total. The molecule has 1 aliphatic heterocycles. The average Bonchev–Trinajstić information content (AvgIpc) is 3.26.